The van der Waals surface area contributed by atoms with Crippen LogP contribution in [0.15, 0.2) is 6.20 Å². The molecule has 0 amide bonds. The summed E-state index contributed by atoms with van der Waals surface area (Å²) >= 11 is 1.77. The monoisotopic (exact) mass is 272 g/mol. The van der Waals surface area contributed by atoms with Gasteiger partial charge < -0.3 is 0 Å². The first kappa shape index (κ1) is 11.9. The van der Waals surface area contributed by atoms with Crippen molar-refractivity contribution in [3.63, 3.8) is 0 Å². The highest BCUT2D eigenvalue weighted by atomic mass is 32.1. The van der Waals surface area contributed by atoms with Crippen LogP contribution < -0.4 is 0 Å². The van der Waals surface area contributed by atoms with Crippen LogP contribution in [-0.2, 0) is 12.8 Å². The Bertz CT molecular complexity index is 485. The minimum atomic E-state index is 0.527. The Hall–Kier alpha value is -0.880. The molecule has 4 fully saturated rings. The topological polar surface area (TPSA) is 36.7 Å². The molecular formula is C16H20N2S. The third-order valence-electron chi connectivity index (χ3n) is 5.69. The zero-order valence-corrected chi connectivity index (χ0v) is 12.0. The van der Waals surface area contributed by atoms with Crippen molar-refractivity contribution in [1.82, 2.24) is 4.98 Å². The van der Waals surface area contributed by atoms with Crippen LogP contribution in [0.4, 0.5) is 0 Å². The minimum Gasteiger partial charge on any atom is -0.249 e. The van der Waals surface area contributed by atoms with Crippen molar-refractivity contribution in [3.8, 4) is 6.07 Å². The van der Waals surface area contributed by atoms with Crippen molar-refractivity contribution in [2.45, 2.75) is 44.9 Å². The smallest absolute Gasteiger partial charge is 0.0931 e. The molecule has 3 heteroatoms. The summed E-state index contributed by atoms with van der Waals surface area (Å²) in [5.41, 5.74) is 0. The molecule has 1 aromatic heterocycles. The highest BCUT2D eigenvalue weighted by molar-refractivity contribution is 7.11. The number of thiazole rings is 1. The summed E-state index contributed by atoms with van der Waals surface area (Å²) in [6, 6.07) is 2.22. The largest absolute Gasteiger partial charge is 0.249 e. The van der Waals surface area contributed by atoms with Gasteiger partial charge in [0.05, 0.1) is 17.5 Å². The molecule has 0 aromatic carbocycles. The highest BCUT2D eigenvalue weighted by Crippen LogP contribution is 2.57. The average Bonchev–Trinajstić information content (AvgIpc) is 2.81. The second kappa shape index (κ2) is 4.59. The van der Waals surface area contributed by atoms with E-state index in [1.54, 1.807) is 11.3 Å². The van der Waals surface area contributed by atoms with Crippen molar-refractivity contribution < 1.29 is 0 Å². The first-order chi connectivity index (χ1) is 9.31. The van der Waals surface area contributed by atoms with Crippen molar-refractivity contribution in [2.24, 2.45) is 29.6 Å². The molecule has 0 N–H and O–H groups in total. The Balaban J connectivity index is 1.49. The summed E-state index contributed by atoms with van der Waals surface area (Å²) < 4.78 is 0. The van der Waals surface area contributed by atoms with Crippen molar-refractivity contribution in [3.05, 3.63) is 16.1 Å². The maximum absolute atomic E-state index is 8.74. The van der Waals surface area contributed by atoms with Crippen LogP contribution >= 0.6 is 11.3 Å². The molecule has 2 nitrogen and oxygen atoms in total. The molecular weight excluding hydrogens is 252 g/mol. The molecule has 4 aliphatic rings. The summed E-state index contributed by atoms with van der Waals surface area (Å²) in [7, 11) is 0. The fourth-order valence-electron chi connectivity index (χ4n) is 5.17. The lowest BCUT2D eigenvalue weighted by atomic mass is 9.51. The molecule has 0 spiro atoms. The molecule has 0 unspecified atom stereocenters. The summed E-state index contributed by atoms with van der Waals surface area (Å²) in [4.78, 5) is 5.69. The van der Waals surface area contributed by atoms with Gasteiger partial charge in [0.1, 0.15) is 0 Å². The SMILES string of the molecule is N#CCc1cnc(CC2C3CC4CC(C3)CC2C4)s1. The first-order valence-electron chi connectivity index (χ1n) is 7.62. The van der Waals surface area contributed by atoms with Gasteiger partial charge in [-0.2, -0.15) is 5.26 Å². The summed E-state index contributed by atoms with van der Waals surface area (Å²) in [6.45, 7) is 0. The van der Waals surface area contributed by atoms with Crippen LogP contribution in [0.1, 0.15) is 42.0 Å². The molecule has 4 aliphatic carbocycles. The van der Waals surface area contributed by atoms with Gasteiger partial charge in [0.15, 0.2) is 0 Å². The van der Waals surface area contributed by atoms with E-state index in [1.165, 1.54) is 43.5 Å². The molecule has 100 valence electrons. The van der Waals surface area contributed by atoms with E-state index >= 15 is 0 Å². The normalized spacial score (nSPS) is 39.4. The van der Waals surface area contributed by atoms with E-state index in [9.17, 15) is 0 Å². The maximum Gasteiger partial charge on any atom is 0.0931 e. The molecule has 0 atom stereocenters. The van der Waals surface area contributed by atoms with Gasteiger partial charge in [-0.05, 0) is 61.7 Å². The summed E-state index contributed by atoms with van der Waals surface area (Å²) in [6.07, 6.45) is 11.1. The van der Waals surface area contributed by atoms with Gasteiger partial charge in [0.2, 0.25) is 0 Å². The van der Waals surface area contributed by atoms with Gasteiger partial charge in [0, 0.05) is 17.5 Å². The van der Waals surface area contributed by atoms with Crippen molar-refractivity contribution in [2.75, 3.05) is 0 Å². The van der Waals surface area contributed by atoms with E-state index < -0.39 is 0 Å². The van der Waals surface area contributed by atoms with Gasteiger partial charge in [0.25, 0.3) is 0 Å². The van der Waals surface area contributed by atoms with Crippen LogP contribution in [0.5, 0.6) is 0 Å². The Kier molecular flexibility index (Phi) is 2.88. The predicted octanol–water partition coefficient (Wildman–Crippen LogP) is 3.82. The average molecular weight is 272 g/mol. The number of hydrogen-bond donors (Lipinski definition) is 0. The molecule has 1 heterocycles. The zero-order chi connectivity index (χ0) is 12.8. The molecule has 4 bridgehead atoms. The van der Waals surface area contributed by atoms with Crippen LogP contribution in [0.3, 0.4) is 0 Å². The Labute approximate surface area is 118 Å². The molecule has 0 aliphatic heterocycles. The Morgan fingerprint density at radius 3 is 2.47 bits per heavy atom. The van der Waals surface area contributed by atoms with E-state index in [0.29, 0.717) is 6.42 Å². The van der Waals surface area contributed by atoms with Crippen molar-refractivity contribution in [1.29, 1.82) is 5.26 Å². The molecule has 0 radical (unpaired) electrons. The number of nitrogens with zero attached hydrogens (tertiary/aromatic N) is 2. The lowest BCUT2D eigenvalue weighted by molar-refractivity contribution is -0.0360. The first-order valence-corrected chi connectivity index (χ1v) is 8.44. The zero-order valence-electron chi connectivity index (χ0n) is 11.2. The number of nitriles is 1. The standard InChI is InChI=1S/C16H20N2S/c17-2-1-14-9-18-16(19-14)8-15-12-4-10-3-11(6-12)7-13(15)5-10/h9-13,15H,1,3-8H2. The van der Waals surface area contributed by atoms with E-state index in [1.807, 2.05) is 6.20 Å². The van der Waals surface area contributed by atoms with E-state index in [-0.39, 0.29) is 0 Å². The molecule has 5 rings (SSSR count). The quantitative estimate of drug-likeness (QED) is 0.838. The van der Waals surface area contributed by atoms with E-state index in [2.05, 4.69) is 11.1 Å². The van der Waals surface area contributed by atoms with Gasteiger partial charge in [-0.3, -0.25) is 0 Å². The molecule has 19 heavy (non-hydrogen) atoms. The highest BCUT2D eigenvalue weighted by Gasteiger charge is 2.48. The van der Waals surface area contributed by atoms with Crippen molar-refractivity contribution >= 4 is 11.3 Å². The van der Waals surface area contributed by atoms with Gasteiger partial charge in [-0.15, -0.1) is 11.3 Å². The van der Waals surface area contributed by atoms with E-state index in [0.717, 1.165) is 34.5 Å². The summed E-state index contributed by atoms with van der Waals surface area (Å²) in [5, 5.41) is 10.0. The lowest BCUT2D eigenvalue weighted by Crippen LogP contribution is -2.45. The number of hydrogen-bond acceptors (Lipinski definition) is 3. The second-order valence-electron chi connectivity index (χ2n) is 6.85. The molecule has 1 aromatic rings. The summed E-state index contributed by atoms with van der Waals surface area (Å²) in [5.74, 6) is 4.99. The second-order valence-corrected chi connectivity index (χ2v) is 8.05. The fraction of sp³-hybridized carbons (Fsp3) is 0.750. The molecule has 4 saturated carbocycles. The van der Waals surface area contributed by atoms with Crippen LogP contribution in [0.2, 0.25) is 0 Å². The third kappa shape index (κ3) is 2.10. The van der Waals surface area contributed by atoms with Gasteiger partial charge in [-0.1, -0.05) is 0 Å². The van der Waals surface area contributed by atoms with Crippen LogP contribution in [0.25, 0.3) is 0 Å². The Morgan fingerprint density at radius 1 is 1.16 bits per heavy atom. The predicted molar refractivity (Wildman–Crippen MR) is 75.7 cm³/mol. The number of rotatable bonds is 3. The minimum absolute atomic E-state index is 0.527. The lowest BCUT2D eigenvalue weighted by Gasteiger charge is -2.54. The van der Waals surface area contributed by atoms with Crippen LogP contribution in [0, 0.1) is 40.9 Å². The van der Waals surface area contributed by atoms with Gasteiger partial charge in [-0.25, -0.2) is 4.98 Å². The molecule has 0 saturated heterocycles. The Morgan fingerprint density at radius 2 is 1.84 bits per heavy atom. The fourth-order valence-corrected chi connectivity index (χ4v) is 6.10. The number of aromatic nitrogens is 1. The van der Waals surface area contributed by atoms with Crippen LogP contribution in [-0.4, -0.2) is 4.98 Å². The maximum atomic E-state index is 8.74. The van der Waals surface area contributed by atoms with Gasteiger partial charge >= 0.3 is 0 Å². The third-order valence-corrected chi connectivity index (χ3v) is 6.71. The van der Waals surface area contributed by atoms with E-state index in [4.69, 9.17) is 5.26 Å².